The molecule has 2 aliphatic rings. The quantitative estimate of drug-likeness (QED) is 0.261. The summed E-state index contributed by atoms with van der Waals surface area (Å²) in [4.78, 5) is 0. The molecule has 2 heteroatoms. The normalized spacial score (nSPS) is 17.5. The highest BCUT2D eigenvalue weighted by molar-refractivity contribution is 6.06. The van der Waals surface area contributed by atoms with Crippen LogP contribution in [-0.2, 0) is 7.05 Å². The van der Waals surface area contributed by atoms with E-state index in [-0.39, 0.29) is 0 Å². The summed E-state index contributed by atoms with van der Waals surface area (Å²) in [5.41, 5.74) is 5.75. The summed E-state index contributed by atoms with van der Waals surface area (Å²) < 4.78 is 8.90. The van der Waals surface area contributed by atoms with Gasteiger partial charge in [-0.3, -0.25) is 0 Å². The molecule has 2 nitrogen and oxygen atoms in total. The SMILES string of the molecule is Cc1ccc2cccc3c2c1-c1c(c2cc(C4CCC(C)(C)CC4)ccc2c[n+]1C)O3. The third kappa shape index (κ3) is 2.88. The van der Waals surface area contributed by atoms with Crippen molar-refractivity contribution in [2.75, 3.05) is 0 Å². The molecule has 0 amide bonds. The molecule has 0 atom stereocenters. The van der Waals surface area contributed by atoms with E-state index in [9.17, 15) is 0 Å². The zero-order chi connectivity index (χ0) is 21.3. The molecule has 1 saturated carbocycles. The maximum absolute atomic E-state index is 6.65. The third-order valence-corrected chi connectivity index (χ3v) is 7.70. The van der Waals surface area contributed by atoms with Gasteiger partial charge in [0.05, 0.1) is 5.56 Å². The van der Waals surface area contributed by atoms with E-state index in [0.717, 1.165) is 11.5 Å². The number of hydrogen-bond donors (Lipinski definition) is 0. The largest absolute Gasteiger partial charge is 0.449 e. The van der Waals surface area contributed by atoms with Crippen LogP contribution in [0.3, 0.4) is 0 Å². The monoisotopic (exact) mass is 408 g/mol. The van der Waals surface area contributed by atoms with Crippen LogP contribution in [0.2, 0.25) is 0 Å². The summed E-state index contributed by atoms with van der Waals surface area (Å²) in [5, 5.41) is 4.95. The Labute approximate surface area is 184 Å². The highest BCUT2D eigenvalue weighted by Crippen LogP contribution is 2.49. The predicted molar refractivity (Wildman–Crippen MR) is 128 cm³/mol. The van der Waals surface area contributed by atoms with E-state index in [0.29, 0.717) is 11.3 Å². The van der Waals surface area contributed by atoms with Crippen molar-refractivity contribution in [3.63, 3.8) is 0 Å². The summed E-state index contributed by atoms with van der Waals surface area (Å²) in [6.07, 6.45) is 7.44. The molecule has 1 aliphatic heterocycles. The second-order valence-electron chi connectivity index (χ2n) is 10.4. The minimum Gasteiger partial charge on any atom is -0.449 e. The van der Waals surface area contributed by atoms with Crippen molar-refractivity contribution in [2.24, 2.45) is 12.5 Å². The van der Waals surface area contributed by atoms with Gasteiger partial charge in [0, 0.05) is 16.2 Å². The molecule has 31 heavy (non-hydrogen) atoms. The van der Waals surface area contributed by atoms with E-state index < -0.39 is 0 Å². The Hall–Kier alpha value is -2.87. The van der Waals surface area contributed by atoms with Gasteiger partial charge in [-0.2, -0.15) is 4.57 Å². The average molecular weight is 409 g/mol. The van der Waals surface area contributed by atoms with Crippen LogP contribution in [0.25, 0.3) is 32.8 Å². The number of aryl methyl sites for hydroxylation is 2. The Kier molecular flexibility index (Phi) is 3.99. The molecular weight excluding hydrogens is 378 g/mol. The molecule has 0 spiro atoms. The minimum absolute atomic E-state index is 0.489. The molecule has 2 heterocycles. The van der Waals surface area contributed by atoms with Gasteiger partial charge in [-0.1, -0.05) is 44.2 Å². The fraction of sp³-hybridized carbons (Fsp3) is 0.345. The maximum atomic E-state index is 6.65. The van der Waals surface area contributed by atoms with Gasteiger partial charge in [0.2, 0.25) is 5.75 Å². The van der Waals surface area contributed by atoms with Crippen LogP contribution in [-0.4, -0.2) is 0 Å². The second-order valence-corrected chi connectivity index (χ2v) is 10.4. The number of ether oxygens (including phenoxy) is 1. The van der Waals surface area contributed by atoms with Gasteiger partial charge >= 0.3 is 0 Å². The van der Waals surface area contributed by atoms with Crippen molar-refractivity contribution in [1.82, 2.24) is 0 Å². The van der Waals surface area contributed by atoms with Crippen LogP contribution in [0, 0.1) is 12.3 Å². The summed E-state index contributed by atoms with van der Waals surface area (Å²) in [5.74, 6) is 2.64. The van der Waals surface area contributed by atoms with Crippen LogP contribution in [0.1, 0.15) is 56.6 Å². The molecule has 6 rings (SSSR count). The molecule has 0 bridgehead atoms. The number of rotatable bonds is 1. The molecule has 4 aromatic rings. The molecule has 3 aromatic carbocycles. The van der Waals surface area contributed by atoms with Crippen molar-refractivity contribution in [2.45, 2.75) is 52.4 Å². The highest BCUT2D eigenvalue weighted by Gasteiger charge is 2.32. The molecule has 0 N–H and O–H groups in total. The van der Waals surface area contributed by atoms with E-state index in [1.165, 1.54) is 69.6 Å². The molecule has 1 aliphatic carbocycles. The van der Waals surface area contributed by atoms with Crippen LogP contribution in [0.15, 0.2) is 54.7 Å². The summed E-state index contributed by atoms with van der Waals surface area (Å²) >= 11 is 0. The van der Waals surface area contributed by atoms with Gasteiger partial charge < -0.3 is 4.74 Å². The Morgan fingerprint density at radius 3 is 2.55 bits per heavy atom. The number of fused-ring (bicyclic) bond motifs is 4. The van der Waals surface area contributed by atoms with Gasteiger partial charge in [0.15, 0.2) is 6.20 Å². The first-order valence-corrected chi connectivity index (χ1v) is 11.6. The Morgan fingerprint density at radius 1 is 0.968 bits per heavy atom. The lowest BCUT2D eigenvalue weighted by molar-refractivity contribution is -0.659. The second kappa shape index (κ2) is 6.56. The van der Waals surface area contributed by atoms with E-state index in [1.54, 1.807) is 0 Å². The summed E-state index contributed by atoms with van der Waals surface area (Å²) in [6.45, 7) is 7.04. The van der Waals surface area contributed by atoms with Gasteiger partial charge in [-0.05, 0) is 78.7 Å². The summed E-state index contributed by atoms with van der Waals surface area (Å²) in [7, 11) is 2.14. The van der Waals surface area contributed by atoms with Crippen LogP contribution in [0.5, 0.6) is 11.5 Å². The van der Waals surface area contributed by atoms with E-state index in [2.05, 4.69) is 87.1 Å². The molecule has 0 unspecified atom stereocenters. The molecule has 1 aromatic heterocycles. The van der Waals surface area contributed by atoms with Crippen molar-refractivity contribution in [3.05, 3.63) is 65.9 Å². The molecule has 156 valence electrons. The van der Waals surface area contributed by atoms with Gasteiger partial charge in [-0.15, -0.1) is 0 Å². The number of pyridine rings is 1. The van der Waals surface area contributed by atoms with E-state index >= 15 is 0 Å². The first-order valence-electron chi connectivity index (χ1n) is 11.6. The fourth-order valence-electron chi connectivity index (χ4n) is 5.77. The van der Waals surface area contributed by atoms with Crippen LogP contribution < -0.4 is 9.30 Å². The van der Waals surface area contributed by atoms with Gasteiger partial charge in [-0.25, -0.2) is 0 Å². The highest BCUT2D eigenvalue weighted by atomic mass is 16.5. The molecule has 0 radical (unpaired) electrons. The smallest absolute Gasteiger partial charge is 0.257 e. The average Bonchev–Trinajstić information content (AvgIpc) is 2.75. The Bertz CT molecular complexity index is 1350. The third-order valence-electron chi connectivity index (χ3n) is 7.70. The van der Waals surface area contributed by atoms with Gasteiger partial charge in [0.1, 0.15) is 12.8 Å². The zero-order valence-electron chi connectivity index (χ0n) is 19.0. The fourth-order valence-corrected chi connectivity index (χ4v) is 5.77. The molecular formula is C29H30NO+. The molecule has 0 saturated heterocycles. The first kappa shape index (κ1) is 18.9. The lowest BCUT2D eigenvalue weighted by atomic mass is 9.71. The lowest BCUT2D eigenvalue weighted by Crippen LogP contribution is -2.32. The predicted octanol–water partition coefficient (Wildman–Crippen LogP) is 7.58. The lowest BCUT2D eigenvalue weighted by Gasteiger charge is -2.34. The summed E-state index contributed by atoms with van der Waals surface area (Å²) in [6, 6.07) is 17.9. The first-order chi connectivity index (χ1) is 14.9. The Morgan fingerprint density at radius 2 is 1.74 bits per heavy atom. The van der Waals surface area contributed by atoms with Gasteiger partial charge in [0.25, 0.3) is 5.69 Å². The topological polar surface area (TPSA) is 13.1 Å². The van der Waals surface area contributed by atoms with Crippen LogP contribution in [0.4, 0.5) is 0 Å². The van der Waals surface area contributed by atoms with Crippen molar-refractivity contribution in [3.8, 4) is 22.8 Å². The minimum atomic E-state index is 0.489. The van der Waals surface area contributed by atoms with Crippen molar-refractivity contribution < 1.29 is 9.30 Å². The van der Waals surface area contributed by atoms with E-state index in [4.69, 9.17) is 4.74 Å². The van der Waals surface area contributed by atoms with Crippen LogP contribution >= 0.6 is 0 Å². The number of nitrogens with zero attached hydrogens (tertiary/aromatic N) is 1. The van der Waals surface area contributed by atoms with Crippen molar-refractivity contribution in [1.29, 1.82) is 0 Å². The molecule has 1 fully saturated rings. The number of aromatic nitrogens is 1. The standard InChI is InChI=1S/C29H30NO/c1-18-8-9-20-6-5-7-24-26(20)25(18)27-28(31-24)23-16-21(10-11-22(23)17-30(27)4)19-12-14-29(2,3)15-13-19/h5-11,16-17,19H,12-15H2,1-4H3/q+1. The Balaban J connectivity index is 1.57. The maximum Gasteiger partial charge on any atom is 0.257 e. The van der Waals surface area contributed by atoms with Crippen molar-refractivity contribution >= 4 is 21.5 Å². The number of benzene rings is 3. The van der Waals surface area contributed by atoms with E-state index in [1.807, 2.05) is 0 Å². The number of hydrogen-bond acceptors (Lipinski definition) is 1. The zero-order valence-corrected chi connectivity index (χ0v) is 19.0.